The molecule has 0 heterocycles. The Morgan fingerprint density at radius 2 is 1.60 bits per heavy atom. The van der Waals surface area contributed by atoms with Crippen LogP contribution in [0.25, 0.3) is 0 Å². The zero-order valence-electron chi connectivity index (χ0n) is 23.1. The molecule has 0 saturated carbocycles. The molecule has 0 radical (unpaired) electrons. The second-order valence-electron chi connectivity index (χ2n) is 9.75. The monoisotopic (exact) mass is 609 g/mol. The summed E-state index contributed by atoms with van der Waals surface area (Å²) in [6.07, 6.45) is -5.78. The van der Waals surface area contributed by atoms with Gasteiger partial charge < -0.3 is 24.8 Å². The number of rotatable bonds is 10. The number of benzene rings is 3. The molecule has 3 aromatic carbocycles. The molecule has 42 heavy (non-hydrogen) atoms. The predicted octanol–water partition coefficient (Wildman–Crippen LogP) is 5.99. The van der Waals surface area contributed by atoms with E-state index in [1.807, 2.05) is 0 Å². The third kappa shape index (κ3) is 9.58. The third-order valence-electron chi connectivity index (χ3n) is 5.18. The summed E-state index contributed by atoms with van der Waals surface area (Å²) in [7, 11) is -4.36. The molecule has 0 aliphatic heterocycles. The fraction of sp³-hybridized carbons (Fsp3) is 0.286. The van der Waals surface area contributed by atoms with Crippen LogP contribution in [-0.4, -0.2) is 39.0 Å². The predicted molar refractivity (Wildman–Crippen MR) is 149 cm³/mol. The van der Waals surface area contributed by atoms with E-state index in [1.165, 1.54) is 24.3 Å². The molecule has 0 saturated heterocycles. The van der Waals surface area contributed by atoms with E-state index in [1.54, 1.807) is 58.0 Å². The maximum absolute atomic E-state index is 13.3. The highest BCUT2D eigenvalue weighted by Crippen LogP contribution is 2.31. The Kier molecular flexibility index (Phi) is 9.94. The Balaban J connectivity index is 1.86. The van der Waals surface area contributed by atoms with Crippen LogP contribution in [0, 0.1) is 0 Å². The quantitative estimate of drug-likeness (QED) is 0.257. The smallest absolute Gasteiger partial charge is 0.492 e. The molecule has 14 heteroatoms. The van der Waals surface area contributed by atoms with Crippen molar-refractivity contribution in [3.8, 4) is 11.5 Å². The summed E-state index contributed by atoms with van der Waals surface area (Å²) >= 11 is 0. The lowest BCUT2D eigenvalue weighted by molar-refractivity contribution is -0.274. The van der Waals surface area contributed by atoms with Crippen molar-refractivity contribution in [2.24, 2.45) is 0 Å². The number of nitrogens with one attached hydrogen (secondary N) is 3. The Morgan fingerprint density at radius 1 is 0.905 bits per heavy atom. The van der Waals surface area contributed by atoms with Gasteiger partial charge in [0.05, 0.1) is 12.3 Å². The number of hydrogen-bond donors (Lipinski definition) is 3. The number of ether oxygens (including phenoxy) is 3. The number of carbonyl (C=O) groups is 2. The van der Waals surface area contributed by atoms with Gasteiger partial charge >= 0.3 is 12.5 Å². The van der Waals surface area contributed by atoms with Crippen LogP contribution >= 0.6 is 0 Å². The van der Waals surface area contributed by atoms with Gasteiger partial charge in [0.2, 0.25) is 0 Å². The van der Waals surface area contributed by atoms with E-state index >= 15 is 0 Å². The van der Waals surface area contributed by atoms with E-state index in [0.29, 0.717) is 5.56 Å². The third-order valence-corrected chi connectivity index (χ3v) is 6.60. The highest BCUT2D eigenvalue weighted by molar-refractivity contribution is 7.92. The van der Waals surface area contributed by atoms with Crippen molar-refractivity contribution in [3.63, 3.8) is 0 Å². The van der Waals surface area contributed by atoms with Crippen molar-refractivity contribution in [1.29, 1.82) is 0 Å². The summed E-state index contributed by atoms with van der Waals surface area (Å²) in [4.78, 5) is 25.4. The van der Waals surface area contributed by atoms with E-state index in [4.69, 9.17) is 9.47 Å². The van der Waals surface area contributed by atoms with Crippen LogP contribution in [0.4, 0.5) is 29.3 Å². The van der Waals surface area contributed by atoms with Crippen molar-refractivity contribution >= 4 is 33.4 Å². The number of hydrogen-bond acceptors (Lipinski definition) is 7. The fourth-order valence-corrected chi connectivity index (χ4v) is 4.81. The van der Waals surface area contributed by atoms with E-state index in [9.17, 15) is 31.2 Å². The standard InChI is InChI=1S/C28H30F3N3O7S/c1-5-39-22-17-19(32-25(35)24(18-10-7-6-8-11-18)33-26(36)41-27(2,3)4)14-15-23(22)42(37,38)34-20-12-9-13-21(16-20)40-28(29,30)31/h6-17,24,34H,5H2,1-4H3,(H,32,35)(H,33,36)/t24-/m0/s1. The summed E-state index contributed by atoms with van der Waals surface area (Å²) in [5.41, 5.74) is -0.382. The zero-order chi connectivity index (χ0) is 31.1. The molecule has 0 unspecified atom stereocenters. The maximum atomic E-state index is 13.3. The number of sulfonamides is 1. The molecule has 10 nitrogen and oxygen atoms in total. The van der Waals surface area contributed by atoms with Gasteiger partial charge in [0.15, 0.2) is 0 Å². The van der Waals surface area contributed by atoms with E-state index in [0.717, 1.165) is 18.2 Å². The Bertz CT molecular complexity index is 1510. The molecule has 2 amide bonds. The minimum Gasteiger partial charge on any atom is -0.492 e. The first kappa shape index (κ1) is 32.1. The summed E-state index contributed by atoms with van der Waals surface area (Å²) in [6.45, 7) is 6.70. The molecule has 0 bridgehead atoms. The van der Waals surface area contributed by atoms with Crippen molar-refractivity contribution < 1.29 is 45.4 Å². The van der Waals surface area contributed by atoms with Crippen LogP contribution < -0.4 is 24.8 Å². The molecule has 226 valence electrons. The molecule has 1 atom stereocenters. The minimum absolute atomic E-state index is 0.0572. The first-order chi connectivity index (χ1) is 19.6. The second kappa shape index (κ2) is 13.0. The summed E-state index contributed by atoms with van der Waals surface area (Å²) < 4.78 is 80.9. The number of alkyl halides is 3. The average molecular weight is 610 g/mol. The van der Waals surface area contributed by atoms with E-state index in [2.05, 4.69) is 20.1 Å². The normalized spacial score (nSPS) is 12.5. The zero-order valence-corrected chi connectivity index (χ0v) is 23.9. The minimum atomic E-state index is -4.96. The molecule has 0 aromatic heterocycles. The Labute approximate surface area is 241 Å². The van der Waals surface area contributed by atoms with Gasteiger partial charge in [-0.05, 0) is 57.5 Å². The molecule has 3 rings (SSSR count). The van der Waals surface area contributed by atoms with Crippen molar-refractivity contribution in [2.45, 2.75) is 50.6 Å². The number of halogens is 3. The first-order valence-electron chi connectivity index (χ1n) is 12.6. The van der Waals surface area contributed by atoms with Gasteiger partial charge in [-0.2, -0.15) is 0 Å². The molecule has 0 spiro atoms. The van der Waals surface area contributed by atoms with Gasteiger partial charge in [0.25, 0.3) is 15.9 Å². The number of anilines is 2. The summed E-state index contributed by atoms with van der Waals surface area (Å²) in [5, 5.41) is 5.18. The van der Waals surface area contributed by atoms with Crippen LogP contribution in [0.5, 0.6) is 11.5 Å². The van der Waals surface area contributed by atoms with Crippen molar-refractivity contribution in [2.75, 3.05) is 16.6 Å². The van der Waals surface area contributed by atoms with Crippen molar-refractivity contribution in [3.05, 3.63) is 78.4 Å². The molecular weight excluding hydrogens is 579 g/mol. The molecule has 0 aliphatic rings. The van der Waals surface area contributed by atoms with Gasteiger partial charge in [-0.1, -0.05) is 36.4 Å². The highest BCUT2D eigenvalue weighted by atomic mass is 32.2. The lowest BCUT2D eigenvalue weighted by Crippen LogP contribution is -2.40. The fourth-order valence-electron chi connectivity index (χ4n) is 3.63. The van der Waals surface area contributed by atoms with Gasteiger partial charge in [-0.15, -0.1) is 13.2 Å². The van der Waals surface area contributed by atoms with Crippen LogP contribution in [-0.2, 0) is 19.6 Å². The topological polar surface area (TPSA) is 132 Å². The van der Waals surface area contributed by atoms with Crippen LogP contribution in [0.2, 0.25) is 0 Å². The van der Waals surface area contributed by atoms with Gasteiger partial charge in [-0.25, -0.2) is 13.2 Å². The molecule has 3 N–H and O–H groups in total. The lowest BCUT2D eigenvalue weighted by Gasteiger charge is -2.23. The van der Waals surface area contributed by atoms with Gasteiger partial charge in [-0.3, -0.25) is 9.52 Å². The van der Waals surface area contributed by atoms with Gasteiger partial charge in [0, 0.05) is 17.8 Å². The maximum Gasteiger partial charge on any atom is 0.573 e. The summed E-state index contributed by atoms with van der Waals surface area (Å²) in [6, 6.07) is 15.3. The molecule has 0 fully saturated rings. The summed E-state index contributed by atoms with van der Waals surface area (Å²) in [5.74, 6) is -1.40. The van der Waals surface area contributed by atoms with Gasteiger partial charge in [0.1, 0.15) is 28.0 Å². The largest absolute Gasteiger partial charge is 0.573 e. The number of alkyl carbamates (subject to hydrolysis) is 1. The average Bonchev–Trinajstić information content (AvgIpc) is 2.86. The number of carbonyl (C=O) groups excluding carboxylic acids is 2. The highest BCUT2D eigenvalue weighted by Gasteiger charge is 2.31. The second-order valence-corrected chi connectivity index (χ2v) is 11.4. The van der Waals surface area contributed by atoms with E-state index in [-0.39, 0.29) is 28.6 Å². The van der Waals surface area contributed by atoms with E-state index < -0.39 is 45.8 Å². The molecule has 0 aliphatic carbocycles. The van der Waals surface area contributed by atoms with Crippen LogP contribution in [0.3, 0.4) is 0 Å². The molecule has 3 aromatic rings. The Hall–Kier alpha value is -4.46. The first-order valence-corrected chi connectivity index (χ1v) is 14.1. The number of amides is 2. The van der Waals surface area contributed by atoms with Crippen LogP contribution in [0.1, 0.15) is 39.3 Å². The lowest BCUT2D eigenvalue weighted by atomic mass is 10.1. The van der Waals surface area contributed by atoms with Crippen molar-refractivity contribution in [1.82, 2.24) is 5.32 Å². The Morgan fingerprint density at radius 3 is 2.21 bits per heavy atom. The van der Waals surface area contributed by atoms with Crippen LogP contribution in [0.15, 0.2) is 77.7 Å². The SMILES string of the molecule is CCOc1cc(NC(=O)[C@@H](NC(=O)OC(C)(C)C)c2ccccc2)ccc1S(=O)(=O)Nc1cccc(OC(F)(F)F)c1. The molecular formula is C28H30F3N3O7S.